The van der Waals surface area contributed by atoms with Crippen LogP contribution in [0.4, 0.5) is 0 Å². The van der Waals surface area contributed by atoms with Crippen LogP contribution in [-0.4, -0.2) is 5.33 Å². The second kappa shape index (κ2) is 7.65. The van der Waals surface area contributed by atoms with E-state index in [4.69, 9.17) is 0 Å². The molecule has 1 heteroatoms. The van der Waals surface area contributed by atoms with E-state index >= 15 is 0 Å². The molecule has 0 aromatic rings. The van der Waals surface area contributed by atoms with E-state index in [2.05, 4.69) is 57.5 Å². The molecule has 0 nitrogen and oxygen atoms in total. The fourth-order valence-electron chi connectivity index (χ4n) is 4.07. The van der Waals surface area contributed by atoms with Crippen LogP contribution in [0.25, 0.3) is 0 Å². The van der Waals surface area contributed by atoms with Crippen molar-refractivity contribution in [2.24, 2.45) is 28.6 Å². The number of alkyl halides is 1. The second-order valence-corrected chi connectivity index (χ2v) is 9.95. The standard InChI is InChI=1S/C19H37Br/c1-18(2,3)16-13-15(11-9-7-8-10-12-20)17(14-16)19(4,5)6/h15-17H,7-14H2,1-6H3. The smallest absolute Gasteiger partial charge is 0.00313 e. The number of unbranched alkanes of at least 4 members (excludes halogenated alkanes) is 3. The maximum Gasteiger partial charge on any atom is 0.00313 e. The summed E-state index contributed by atoms with van der Waals surface area (Å²) in [5.74, 6) is 2.84. The molecule has 1 aliphatic rings. The lowest BCUT2D eigenvalue weighted by Gasteiger charge is -2.33. The van der Waals surface area contributed by atoms with Crippen molar-refractivity contribution in [2.45, 2.75) is 86.5 Å². The summed E-state index contributed by atoms with van der Waals surface area (Å²) in [4.78, 5) is 0. The zero-order valence-electron chi connectivity index (χ0n) is 14.8. The third kappa shape index (κ3) is 5.70. The highest BCUT2D eigenvalue weighted by Crippen LogP contribution is 2.52. The molecular weight excluding hydrogens is 308 g/mol. The van der Waals surface area contributed by atoms with E-state index in [1.54, 1.807) is 0 Å². The molecule has 120 valence electrons. The average Bonchev–Trinajstić information content (AvgIpc) is 2.72. The van der Waals surface area contributed by atoms with Gasteiger partial charge in [-0.25, -0.2) is 0 Å². The molecule has 0 aliphatic heterocycles. The molecule has 3 unspecified atom stereocenters. The number of hydrogen-bond acceptors (Lipinski definition) is 0. The van der Waals surface area contributed by atoms with Crippen LogP contribution in [0.2, 0.25) is 0 Å². The Kier molecular flexibility index (Phi) is 7.09. The van der Waals surface area contributed by atoms with Crippen molar-refractivity contribution < 1.29 is 0 Å². The van der Waals surface area contributed by atoms with Crippen LogP contribution in [0, 0.1) is 28.6 Å². The lowest BCUT2D eigenvalue weighted by atomic mass is 9.72. The first-order valence-electron chi connectivity index (χ1n) is 8.72. The molecule has 20 heavy (non-hydrogen) atoms. The summed E-state index contributed by atoms with van der Waals surface area (Å²) in [7, 11) is 0. The fourth-order valence-corrected chi connectivity index (χ4v) is 4.46. The second-order valence-electron chi connectivity index (χ2n) is 9.16. The van der Waals surface area contributed by atoms with Gasteiger partial charge in [-0.2, -0.15) is 0 Å². The van der Waals surface area contributed by atoms with E-state index in [0.29, 0.717) is 10.8 Å². The molecular formula is C19H37Br. The Balaban J connectivity index is 2.52. The van der Waals surface area contributed by atoms with Gasteiger partial charge >= 0.3 is 0 Å². The summed E-state index contributed by atoms with van der Waals surface area (Å²) in [6, 6.07) is 0. The Labute approximate surface area is 136 Å². The van der Waals surface area contributed by atoms with Crippen LogP contribution in [-0.2, 0) is 0 Å². The van der Waals surface area contributed by atoms with E-state index < -0.39 is 0 Å². The molecule has 1 fully saturated rings. The van der Waals surface area contributed by atoms with Gasteiger partial charge in [0.25, 0.3) is 0 Å². The maximum absolute atomic E-state index is 3.53. The van der Waals surface area contributed by atoms with Crippen molar-refractivity contribution in [2.75, 3.05) is 5.33 Å². The van der Waals surface area contributed by atoms with Gasteiger partial charge in [-0.15, -0.1) is 0 Å². The zero-order chi connectivity index (χ0) is 15.4. The van der Waals surface area contributed by atoms with Crippen LogP contribution in [0.15, 0.2) is 0 Å². The molecule has 0 bridgehead atoms. The molecule has 1 saturated carbocycles. The lowest BCUT2D eigenvalue weighted by molar-refractivity contribution is 0.169. The number of hydrogen-bond donors (Lipinski definition) is 0. The molecule has 1 rings (SSSR count). The predicted octanol–water partition coefficient (Wildman–Crippen LogP) is 7.07. The third-order valence-electron chi connectivity index (χ3n) is 5.49. The van der Waals surface area contributed by atoms with Gasteiger partial charge in [0.1, 0.15) is 0 Å². The minimum Gasteiger partial charge on any atom is -0.0928 e. The maximum atomic E-state index is 3.53. The van der Waals surface area contributed by atoms with E-state index in [-0.39, 0.29) is 0 Å². The van der Waals surface area contributed by atoms with Crippen molar-refractivity contribution in [1.29, 1.82) is 0 Å². The van der Waals surface area contributed by atoms with Crippen LogP contribution < -0.4 is 0 Å². The monoisotopic (exact) mass is 344 g/mol. The van der Waals surface area contributed by atoms with Crippen molar-refractivity contribution in [3.8, 4) is 0 Å². The SMILES string of the molecule is CC(C)(C)C1CC(CCCCCCBr)C(C(C)(C)C)C1. The first-order chi connectivity index (χ1) is 9.16. The van der Waals surface area contributed by atoms with E-state index in [9.17, 15) is 0 Å². The van der Waals surface area contributed by atoms with Gasteiger partial charge in [0.05, 0.1) is 0 Å². The van der Waals surface area contributed by atoms with E-state index in [0.717, 1.165) is 17.8 Å². The molecule has 0 heterocycles. The number of rotatable bonds is 6. The zero-order valence-corrected chi connectivity index (χ0v) is 16.4. The van der Waals surface area contributed by atoms with Gasteiger partial charge < -0.3 is 0 Å². The molecule has 0 saturated heterocycles. The van der Waals surface area contributed by atoms with Crippen molar-refractivity contribution in [3.63, 3.8) is 0 Å². The Morgan fingerprint density at radius 1 is 0.800 bits per heavy atom. The Bertz CT molecular complexity index is 268. The topological polar surface area (TPSA) is 0 Å². The molecule has 0 radical (unpaired) electrons. The largest absolute Gasteiger partial charge is 0.0928 e. The van der Waals surface area contributed by atoms with Crippen LogP contribution in [0.5, 0.6) is 0 Å². The van der Waals surface area contributed by atoms with Gasteiger partial charge in [-0.05, 0) is 47.8 Å². The summed E-state index contributed by atoms with van der Waals surface area (Å²) >= 11 is 3.53. The molecule has 3 atom stereocenters. The molecule has 0 aromatic carbocycles. The predicted molar refractivity (Wildman–Crippen MR) is 95.5 cm³/mol. The fraction of sp³-hybridized carbons (Fsp3) is 1.00. The minimum absolute atomic E-state index is 0.487. The van der Waals surface area contributed by atoms with Crippen LogP contribution >= 0.6 is 15.9 Å². The Morgan fingerprint density at radius 3 is 1.90 bits per heavy atom. The molecule has 0 aromatic heterocycles. The van der Waals surface area contributed by atoms with Crippen LogP contribution in [0.3, 0.4) is 0 Å². The van der Waals surface area contributed by atoms with E-state index in [1.165, 1.54) is 50.3 Å². The first-order valence-corrected chi connectivity index (χ1v) is 9.84. The Morgan fingerprint density at radius 2 is 1.40 bits per heavy atom. The van der Waals surface area contributed by atoms with Gasteiger partial charge in [0.2, 0.25) is 0 Å². The van der Waals surface area contributed by atoms with Crippen molar-refractivity contribution in [1.82, 2.24) is 0 Å². The van der Waals surface area contributed by atoms with Gasteiger partial charge in [0.15, 0.2) is 0 Å². The van der Waals surface area contributed by atoms with Gasteiger partial charge in [0, 0.05) is 5.33 Å². The third-order valence-corrected chi connectivity index (χ3v) is 6.05. The molecule has 0 N–H and O–H groups in total. The molecule has 0 spiro atoms. The minimum atomic E-state index is 0.487. The van der Waals surface area contributed by atoms with Gasteiger partial charge in [-0.3, -0.25) is 0 Å². The summed E-state index contributed by atoms with van der Waals surface area (Å²) in [6.07, 6.45) is 10.0. The first kappa shape index (κ1) is 18.5. The average molecular weight is 345 g/mol. The van der Waals surface area contributed by atoms with E-state index in [1.807, 2.05) is 0 Å². The van der Waals surface area contributed by atoms with Crippen molar-refractivity contribution >= 4 is 15.9 Å². The van der Waals surface area contributed by atoms with Crippen LogP contribution in [0.1, 0.15) is 86.5 Å². The highest BCUT2D eigenvalue weighted by molar-refractivity contribution is 9.09. The summed E-state index contributed by atoms with van der Waals surface area (Å²) in [5, 5.41) is 1.17. The highest BCUT2D eigenvalue weighted by atomic mass is 79.9. The Hall–Kier alpha value is 0.480. The highest BCUT2D eigenvalue weighted by Gasteiger charge is 2.43. The van der Waals surface area contributed by atoms with Crippen molar-refractivity contribution in [3.05, 3.63) is 0 Å². The van der Waals surface area contributed by atoms with Gasteiger partial charge in [-0.1, -0.05) is 83.2 Å². The number of halogens is 1. The molecule has 1 aliphatic carbocycles. The lowest BCUT2D eigenvalue weighted by Crippen LogP contribution is -2.24. The quantitative estimate of drug-likeness (QED) is 0.357. The normalized spacial score (nSPS) is 28.1. The molecule has 0 amide bonds. The summed E-state index contributed by atoms with van der Waals surface area (Å²) < 4.78 is 0. The summed E-state index contributed by atoms with van der Waals surface area (Å²) in [6.45, 7) is 14.7. The summed E-state index contributed by atoms with van der Waals surface area (Å²) in [5.41, 5.74) is 0.981.